The van der Waals surface area contributed by atoms with E-state index in [1.165, 1.54) is 11.1 Å². The molecule has 5 atom stereocenters. The molecule has 2 bridgehead atoms. The summed E-state index contributed by atoms with van der Waals surface area (Å²) in [4.78, 5) is 28.8. The number of benzene rings is 2. The summed E-state index contributed by atoms with van der Waals surface area (Å²) in [5.74, 6) is -0.573. The minimum atomic E-state index is -3.26. The number of esters is 1. The van der Waals surface area contributed by atoms with Gasteiger partial charge in [-0.2, -0.15) is 4.36 Å². The Labute approximate surface area is 277 Å². The van der Waals surface area contributed by atoms with Crippen molar-refractivity contribution in [2.24, 2.45) is 16.2 Å². The number of anilines is 1. The fourth-order valence-electron chi connectivity index (χ4n) is 7.52. The lowest BCUT2D eigenvalue weighted by Crippen LogP contribution is -2.49. The van der Waals surface area contributed by atoms with E-state index >= 15 is 0 Å². The fourth-order valence-corrected chi connectivity index (χ4v) is 9.46. The molecule has 6 rings (SSSR count). The first-order valence-corrected chi connectivity index (χ1v) is 18.7. The van der Waals surface area contributed by atoms with E-state index in [4.69, 9.17) is 21.1 Å². The first-order valence-electron chi connectivity index (χ1n) is 16.5. The molecule has 2 aliphatic carbocycles. The molecule has 4 aliphatic rings. The van der Waals surface area contributed by atoms with Gasteiger partial charge >= 0.3 is 5.97 Å². The van der Waals surface area contributed by atoms with E-state index < -0.39 is 39.1 Å². The summed E-state index contributed by atoms with van der Waals surface area (Å²) in [7, 11) is -3.26. The average Bonchev–Trinajstić information content (AvgIpc) is 3.10. The molecule has 0 unspecified atom stereocenters. The van der Waals surface area contributed by atoms with Gasteiger partial charge in [-0.05, 0) is 119 Å². The van der Waals surface area contributed by atoms with Gasteiger partial charge in [-0.1, -0.05) is 29.8 Å². The summed E-state index contributed by atoms with van der Waals surface area (Å²) >= 11 is 6.41. The standard InChI is InChI=1S/C36H45ClN2O6S/c1-35(2,3)45-33(41)21-46(43)17-6-4-5-9-31(40)28-13-10-26(28)20-39-22-36(16-7-8-24-18-27(37)12-14-29(24)36)23-44-32-15-11-25(19-30(32)39)34(42)38-46/h5,9,11-12,14-15,18-19,26,28,31,40H,4,6-8,10,13,16-17,20-23H2,1-3H3/b9-5+/t26-,28+,31-,36-,46-/m0/s1. The monoisotopic (exact) mass is 668 g/mol. The van der Waals surface area contributed by atoms with Gasteiger partial charge in [0.2, 0.25) is 0 Å². The topological polar surface area (TPSA) is 106 Å². The van der Waals surface area contributed by atoms with Gasteiger partial charge in [0.15, 0.2) is 0 Å². The number of halogens is 1. The number of hydrogen-bond acceptors (Lipinski definition) is 7. The highest BCUT2D eigenvalue weighted by molar-refractivity contribution is 7.94. The molecule has 1 amide bonds. The Kier molecular flexibility index (Phi) is 9.31. The van der Waals surface area contributed by atoms with Crippen LogP contribution in [0.3, 0.4) is 0 Å². The van der Waals surface area contributed by atoms with E-state index in [1.807, 2.05) is 24.3 Å². The number of allylic oxidation sites excluding steroid dienone is 1. The second-order valence-corrected chi connectivity index (χ2v) is 17.3. The highest BCUT2D eigenvalue weighted by Gasteiger charge is 2.44. The third kappa shape index (κ3) is 7.16. The van der Waals surface area contributed by atoms with Crippen LogP contribution < -0.4 is 9.64 Å². The van der Waals surface area contributed by atoms with Crippen molar-refractivity contribution in [2.45, 2.75) is 82.8 Å². The molecule has 1 spiro atoms. The maximum absolute atomic E-state index is 14.1. The second-order valence-electron chi connectivity index (χ2n) is 14.5. The summed E-state index contributed by atoms with van der Waals surface area (Å²) in [6.07, 6.45) is 9.10. The Hall–Kier alpha value is -2.88. The van der Waals surface area contributed by atoms with Gasteiger partial charge < -0.3 is 19.5 Å². The van der Waals surface area contributed by atoms with E-state index in [-0.39, 0.29) is 23.0 Å². The number of fused-ring (bicyclic) bond motifs is 4. The molecule has 2 aromatic rings. The fraction of sp³-hybridized carbons (Fsp3) is 0.556. The third-order valence-electron chi connectivity index (χ3n) is 9.83. The molecule has 2 aromatic carbocycles. The van der Waals surface area contributed by atoms with Gasteiger partial charge in [0, 0.05) is 34.8 Å². The van der Waals surface area contributed by atoms with Crippen LogP contribution in [0.4, 0.5) is 5.69 Å². The Morgan fingerprint density at radius 1 is 1.20 bits per heavy atom. The van der Waals surface area contributed by atoms with Crippen LogP contribution in [0.5, 0.6) is 5.75 Å². The number of amides is 1. The van der Waals surface area contributed by atoms with E-state index in [0.29, 0.717) is 43.9 Å². The third-order valence-corrected chi connectivity index (χ3v) is 12.2. The molecular formula is C36H45ClN2O6S. The smallest absolute Gasteiger partial charge is 0.320 e. The van der Waals surface area contributed by atoms with Crippen molar-refractivity contribution in [3.63, 3.8) is 0 Å². The number of aliphatic hydroxyl groups excluding tert-OH is 1. The van der Waals surface area contributed by atoms with Crippen molar-refractivity contribution < 1.29 is 28.4 Å². The van der Waals surface area contributed by atoms with Gasteiger partial charge in [0.05, 0.1) is 28.1 Å². The highest BCUT2D eigenvalue weighted by atomic mass is 35.5. The van der Waals surface area contributed by atoms with Crippen molar-refractivity contribution in [3.8, 4) is 5.75 Å². The number of aliphatic hydroxyl groups is 1. The molecule has 2 aliphatic heterocycles. The van der Waals surface area contributed by atoms with Gasteiger partial charge in [-0.25, -0.2) is 4.21 Å². The number of nitrogens with zero attached hydrogens (tertiary/aromatic N) is 2. The van der Waals surface area contributed by atoms with Gasteiger partial charge in [0.25, 0.3) is 5.91 Å². The lowest BCUT2D eigenvalue weighted by Gasteiger charge is -2.45. The first-order chi connectivity index (χ1) is 21.8. The number of aryl methyl sites for hydroxylation is 1. The van der Waals surface area contributed by atoms with Crippen LogP contribution in [0, 0.1) is 11.8 Å². The van der Waals surface area contributed by atoms with Crippen LogP contribution in [-0.4, -0.2) is 64.1 Å². The molecule has 248 valence electrons. The van der Waals surface area contributed by atoms with Crippen LogP contribution >= 0.6 is 11.6 Å². The average molecular weight is 669 g/mol. The van der Waals surface area contributed by atoms with Gasteiger partial charge in [0.1, 0.15) is 17.1 Å². The summed E-state index contributed by atoms with van der Waals surface area (Å²) in [6, 6.07) is 11.5. The van der Waals surface area contributed by atoms with Crippen LogP contribution in [0.2, 0.25) is 5.02 Å². The van der Waals surface area contributed by atoms with Crippen molar-refractivity contribution in [3.05, 3.63) is 70.3 Å². The maximum atomic E-state index is 14.1. The number of carbonyl (C=O) groups excluding carboxylic acids is 2. The van der Waals surface area contributed by atoms with E-state index in [0.717, 1.165) is 42.8 Å². The molecule has 10 heteroatoms. The lowest BCUT2D eigenvalue weighted by molar-refractivity contribution is -0.151. The molecule has 1 fully saturated rings. The van der Waals surface area contributed by atoms with Crippen LogP contribution in [0.1, 0.15) is 80.8 Å². The summed E-state index contributed by atoms with van der Waals surface area (Å²) in [6.45, 7) is 7.13. The lowest BCUT2D eigenvalue weighted by atomic mass is 9.68. The normalized spacial score (nSPS) is 30.5. The zero-order valence-electron chi connectivity index (χ0n) is 27.0. The summed E-state index contributed by atoms with van der Waals surface area (Å²) < 4.78 is 30.3. The van der Waals surface area contributed by atoms with Gasteiger partial charge in [-0.15, -0.1) is 0 Å². The van der Waals surface area contributed by atoms with Crippen molar-refractivity contribution in [1.82, 2.24) is 0 Å². The zero-order valence-corrected chi connectivity index (χ0v) is 28.6. The zero-order chi connectivity index (χ0) is 32.7. The molecule has 0 saturated heterocycles. The molecule has 1 saturated carbocycles. The largest absolute Gasteiger partial charge is 0.490 e. The van der Waals surface area contributed by atoms with Crippen LogP contribution in [-0.2, 0) is 31.1 Å². The molecule has 1 N–H and O–H groups in total. The number of carbonyl (C=O) groups is 2. The Balaban J connectivity index is 1.41. The van der Waals surface area contributed by atoms with Gasteiger partial charge in [-0.3, -0.25) is 9.59 Å². The Bertz CT molecular complexity index is 1660. The molecule has 0 aromatic heterocycles. The number of rotatable bonds is 2. The SMILES string of the molecule is CC(C)(C)OC(=O)C[S@]1(=O)=NC(=O)c2ccc3c(c2)N(C[C@@H]2CC[C@H]2[C@@H](O)/C=C/CCC1)C[C@@]1(CCCc2cc(Cl)ccc21)CO3. The predicted octanol–water partition coefficient (Wildman–Crippen LogP) is 6.50. The molecular weight excluding hydrogens is 624 g/mol. The van der Waals surface area contributed by atoms with Crippen molar-refractivity contribution in [2.75, 3.05) is 36.1 Å². The van der Waals surface area contributed by atoms with E-state index in [1.54, 1.807) is 32.9 Å². The van der Waals surface area contributed by atoms with E-state index in [2.05, 4.69) is 21.4 Å². The van der Waals surface area contributed by atoms with Crippen molar-refractivity contribution >= 4 is 38.9 Å². The number of ether oxygens (including phenoxy) is 2. The molecule has 46 heavy (non-hydrogen) atoms. The quantitative estimate of drug-likeness (QED) is 0.288. The molecule has 8 nitrogen and oxygen atoms in total. The second kappa shape index (κ2) is 13.0. The minimum Gasteiger partial charge on any atom is -0.490 e. The van der Waals surface area contributed by atoms with Crippen LogP contribution in [0.15, 0.2) is 52.9 Å². The number of hydrogen-bond donors (Lipinski definition) is 1. The predicted molar refractivity (Wildman–Crippen MR) is 181 cm³/mol. The maximum Gasteiger partial charge on any atom is 0.320 e. The van der Waals surface area contributed by atoms with Crippen molar-refractivity contribution in [1.29, 1.82) is 0 Å². The Morgan fingerprint density at radius 3 is 2.78 bits per heavy atom. The minimum absolute atomic E-state index is 0.0661. The summed E-state index contributed by atoms with van der Waals surface area (Å²) in [5.41, 5.74) is 2.57. The Morgan fingerprint density at radius 2 is 2.02 bits per heavy atom. The first kappa shape index (κ1) is 33.0. The van der Waals surface area contributed by atoms with E-state index in [9.17, 15) is 18.9 Å². The molecule has 0 radical (unpaired) electrons. The molecule has 2 heterocycles. The summed E-state index contributed by atoms with van der Waals surface area (Å²) in [5, 5.41) is 11.9. The van der Waals surface area contributed by atoms with Crippen LogP contribution in [0.25, 0.3) is 0 Å². The highest BCUT2D eigenvalue weighted by Crippen LogP contribution is 2.46.